The minimum Gasteiger partial charge on any atom is -0.497 e. The molecule has 0 bridgehead atoms. The molecule has 0 atom stereocenters. The minimum atomic E-state index is 0.0279. The third kappa shape index (κ3) is 2.76. The Labute approximate surface area is 114 Å². The van der Waals surface area contributed by atoms with E-state index in [1.54, 1.807) is 7.11 Å². The first kappa shape index (κ1) is 13.9. The van der Waals surface area contributed by atoms with Crippen LogP contribution in [0.5, 0.6) is 5.75 Å². The Morgan fingerprint density at radius 3 is 2.58 bits per heavy atom. The zero-order valence-electron chi connectivity index (χ0n) is 12.5. The predicted molar refractivity (Wildman–Crippen MR) is 78.8 cm³/mol. The molecule has 2 aromatic rings. The van der Waals surface area contributed by atoms with Gasteiger partial charge < -0.3 is 14.5 Å². The Balaban J connectivity index is 2.60. The zero-order chi connectivity index (χ0) is 14.0. The summed E-state index contributed by atoms with van der Waals surface area (Å²) in [5.41, 5.74) is 3.37. The maximum absolute atomic E-state index is 5.81. The number of hydrogen-bond donors (Lipinski definition) is 1. The second-order valence-corrected chi connectivity index (χ2v) is 5.84. The molecule has 0 fully saturated rings. The van der Waals surface area contributed by atoms with Crippen LogP contribution in [0.3, 0.4) is 0 Å². The van der Waals surface area contributed by atoms with Gasteiger partial charge in [0, 0.05) is 23.1 Å². The largest absolute Gasteiger partial charge is 0.497 e. The smallest absolute Gasteiger partial charge is 0.138 e. The monoisotopic (exact) mass is 261 g/mol. The van der Waals surface area contributed by atoms with Crippen LogP contribution in [0.2, 0.25) is 0 Å². The van der Waals surface area contributed by atoms with Crippen molar-refractivity contribution in [3.8, 4) is 5.75 Å². The van der Waals surface area contributed by atoms with E-state index in [0.29, 0.717) is 0 Å². The van der Waals surface area contributed by atoms with E-state index in [1.165, 1.54) is 11.1 Å². The molecule has 0 aliphatic carbocycles. The van der Waals surface area contributed by atoms with Crippen molar-refractivity contribution in [3.63, 3.8) is 0 Å². The van der Waals surface area contributed by atoms with Gasteiger partial charge in [0.2, 0.25) is 0 Å². The summed E-state index contributed by atoms with van der Waals surface area (Å²) < 4.78 is 11.2. The van der Waals surface area contributed by atoms with Gasteiger partial charge in [-0.1, -0.05) is 27.7 Å². The summed E-state index contributed by atoms with van der Waals surface area (Å²) in [5.74, 6) is 0.886. The number of rotatable bonds is 4. The summed E-state index contributed by atoms with van der Waals surface area (Å²) in [7, 11) is 1.71. The SMILES string of the molecule is CCNCc1coc2c(C(C)(C)C)cc(OC)cc12. The van der Waals surface area contributed by atoms with Crippen molar-refractivity contribution in [2.45, 2.75) is 39.7 Å². The van der Waals surface area contributed by atoms with Gasteiger partial charge in [0.1, 0.15) is 11.3 Å². The Morgan fingerprint density at radius 2 is 2.00 bits per heavy atom. The standard InChI is InChI=1S/C16H23NO2/c1-6-17-9-11-10-19-15-13(11)7-12(18-5)8-14(15)16(2,3)4/h7-8,10,17H,6,9H2,1-5H3. The van der Waals surface area contributed by atoms with E-state index in [-0.39, 0.29) is 5.41 Å². The lowest BCUT2D eigenvalue weighted by Gasteiger charge is -2.20. The van der Waals surface area contributed by atoms with Crippen LogP contribution < -0.4 is 10.1 Å². The van der Waals surface area contributed by atoms with Gasteiger partial charge in [0.25, 0.3) is 0 Å². The fourth-order valence-electron chi connectivity index (χ4n) is 2.23. The molecule has 0 radical (unpaired) electrons. The van der Waals surface area contributed by atoms with Crippen LogP contribution in [0.1, 0.15) is 38.8 Å². The van der Waals surface area contributed by atoms with E-state index in [4.69, 9.17) is 9.15 Å². The van der Waals surface area contributed by atoms with Crippen molar-refractivity contribution in [2.24, 2.45) is 0 Å². The number of nitrogens with one attached hydrogen (secondary N) is 1. The van der Waals surface area contributed by atoms with Crippen molar-refractivity contribution in [1.29, 1.82) is 0 Å². The summed E-state index contributed by atoms with van der Waals surface area (Å²) in [5, 5.41) is 4.48. The van der Waals surface area contributed by atoms with E-state index >= 15 is 0 Å². The van der Waals surface area contributed by atoms with Crippen LogP contribution in [0.25, 0.3) is 11.0 Å². The Kier molecular flexibility index (Phi) is 3.85. The van der Waals surface area contributed by atoms with Gasteiger partial charge in [-0.15, -0.1) is 0 Å². The summed E-state index contributed by atoms with van der Waals surface area (Å²) in [4.78, 5) is 0. The molecule has 19 heavy (non-hydrogen) atoms. The minimum absolute atomic E-state index is 0.0279. The molecule has 3 heteroatoms. The maximum Gasteiger partial charge on any atom is 0.138 e. The lowest BCUT2D eigenvalue weighted by atomic mass is 9.85. The van der Waals surface area contributed by atoms with E-state index < -0.39 is 0 Å². The quantitative estimate of drug-likeness (QED) is 0.907. The van der Waals surface area contributed by atoms with Crippen LogP contribution in [0.15, 0.2) is 22.8 Å². The van der Waals surface area contributed by atoms with Gasteiger partial charge in [0.15, 0.2) is 0 Å². The predicted octanol–water partition coefficient (Wildman–Crippen LogP) is 3.85. The molecule has 2 rings (SSSR count). The number of ether oxygens (including phenoxy) is 1. The molecule has 1 heterocycles. The fourth-order valence-corrected chi connectivity index (χ4v) is 2.23. The first-order valence-corrected chi connectivity index (χ1v) is 6.76. The summed E-state index contributed by atoms with van der Waals surface area (Å²) >= 11 is 0. The highest BCUT2D eigenvalue weighted by atomic mass is 16.5. The van der Waals surface area contributed by atoms with Crippen molar-refractivity contribution < 1.29 is 9.15 Å². The lowest BCUT2D eigenvalue weighted by Crippen LogP contribution is -2.12. The second-order valence-electron chi connectivity index (χ2n) is 5.84. The molecule has 0 saturated carbocycles. The van der Waals surface area contributed by atoms with Gasteiger partial charge in [-0.3, -0.25) is 0 Å². The molecular weight excluding hydrogens is 238 g/mol. The highest BCUT2D eigenvalue weighted by molar-refractivity contribution is 5.86. The van der Waals surface area contributed by atoms with Gasteiger partial charge in [-0.05, 0) is 24.1 Å². The molecule has 1 aromatic carbocycles. The van der Waals surface area contributed by atoms with Crippen molar-refractivity contribution in [3.05, 3.63) is 29.5 Å². The summed E-state index contributed by atoms with van der Waals surface area (Å²) in [6.45, 7) is 10.4. The highest BCUT2D eigenvalue weighted by Crippen LogP contribution is 2.36. The fraction of sp³-hybridized carbons (Fsp3) is 0.500. The number of benzene rings is 1. The molecule has 1 aromatic heterocycles. The summed E-state index contributed by atoms with van der Waals surface area (Å²) in [6.07, 6.45) is 1.85. The molecule has 0 amide bonds. The number of hydrogen-bond acceptors (Lipinski definition) is 3. The van der Waals surface area contributed by atoms with Gasteiger partial charge in [0.05, 0.1) is 13.4 Å². The summed E-state index contributed by atoms with van der Waals surface area (Å²) in [6, 6.07) is 4.13. The molecule has 0 aliphatic rings. The van der Waals surface area contributed by atoms with E-state index in [2.05, 4.69) is 45.1 Å². The van der Waals surface area contributed by atoms with Gasteiger partial charge in [-0.2, -0.15) is 0 Å². The molecule has 0 spiro atoms. The first-order chi connectivity index (χ1) is 8.97. The number of fused-ring (bicyclic) bond motifs is 1. The average Bonchev–Trinajstić information content (AvgIpc) is 2.76. The number of methoxy groups -OCH3 is 1. The molecule has 104 valence electrons. The van der Waals surface area contributed by atoms with Gasteiger partial charge in [-0.25, -0.2) is 0 Å². The van der Waals surface area contributed by atoms with E-state index in [9.17, 15) is 0 Å². The third-order valence-electron chi connectivity index (χ3n) is 3.34. The van der Waals surface area contributed by atoms with Crippen LogP contribution in [-0.2, 0) is 12.0 Å². The van der Waals surface area contributed by atoms with Crippen molar-refractivity contribution in [1.82, 2.24) is 5.32 Å². The second kappa shape index (κ2) is 5.25. The van der Waals surface area contributed by atoms with Crippen molar-refractivity contribution in [2.75, 3.05) is 13.7 Å². The topological polar surface area (TPSA) is 34.4 Å². The van der Waals surface area contributed by atoms with E-state index in [0.717, 1.165) is 29.8 Å². The molecule has 0 aliphatic heterocycles. The van der Waals surface area contributed by atoms with Crippen LogP contribution in [0.4, 0.5) is 0 Å². The normalized spacial score (nSPS) is 12.1. The Hall–Kier alpha value is -1.48. The molecule has 0 saturated heterocycles. The van der Waals surface area contributed by atoms with Crippen molar-refractivity contribution >= 4 is 11.0 Å². The number of furan rings is 1. The van der Waals surface area contributed by atoms with Gasteiger partial charge >= 0.3 is 0 Å². The first-order valence-electron chi connectivity index (χ1n) is 6.76. The third-order valence-corrected chi connectivity index (χ3v) is 3.34. The van der Waals surface area contributed by atoms with Crippen LogP contribution >= 0.6 is 0 Å². The molecular formula is C16H23NO2. The van der Waals surface area contributed by atoms with Crippen LogP contribution in [0, 0.1) is 0 Å². The molecule has 0 unspecified atom stereocenters. The Bertz CT molecular complexity index is 564. The maximum atomic E-state index is 5.81. The molecule has 3 nitrogen and oxygen atoms in total. The Morgan fingerprint density at radius 1 is 1.26 bits per heavy atom. The van der Waals surface area contributed by atoms with E-state index in [1.807, 2.05) is 6.26 Å². The zero-order valence-corrected chi connectivity index (χ0v) is 12.5. The molecule has 1 N–H and O–H groups in total. The lowest BCUT2D eigenvalue weighted by molar-refractivity contribution is 0.413. The highest BCUT2D eigenvalue weighted by Gasteiger charge is 2.21. The average molecular weight is 261 g/mol. The van der Waals surface area contributed by atoms with Crippen LogP contribution in [-0.4, -0.2) is 13.7 Å².